The van der Waals surface area contributed by atoms with E-state index in [9.17, 15) is 15.0 Å². The van der Waals surface area contributed by atoms with Gasteiger partial charge in [-0.05, 0) is 54.4 Å². The van der Waals surface area contributed by atoms with Crippen molar-refractivity contribution in [3.8, 4) is 11.5 Å². The topological polar surface area (TPSA) is 81.9 Å². The first kappa shape index (κ1) is 15.6. The number of carbonyl (C=O) groups excluding carboxylic acids is 1. The first-order valence-electron chi connectivity index (χ1n) is 7.83. The highest BCUT2D eigenvalue weighted by Gasteiger charge is 2.60. The number of phenols is 2. The Morgan fingerprint density at radius 1 is 1.39 bits per heavy atom. The molecule has 0 aromatic heterocycles. The molecule has 0 radical (unpaired) electrons. The molecule has 3 rings (SSSR count). The molecule has 2 saturated carbocycles. The van der Waals surface area contributed by atoms with Gasteiger partial charge < -0.3 is 10.2 Å². The fourth-order valence-electron chi connectivity index (χ4n) is 4.04. The molecule has 2 aliphatic rings. The molecule has 23 heavy (non-hydrogen) atoms. The van der Waals surface area contributed by atoms with E-state index in [0.29, 0.717) is 11.5 Å². The van der Waals surface area contributed by atoms with Gasteiger partial charge in [0, 0.05) is 0 Å². The van der Waals surface area contributed by atoms with Gasteiger partial charge in [0.2, 0.25) is 5.91 Å². The predicted molar refractivity (Wildman–Crippen MR) is 88.2 cm³/mol. The Labute approximate surface area is 135 Å². The van der Waals surface area contributed by atoms with Gasteiger partial charge in [-0.25, -0.2) is 5.43 Å². The highest BCUT2D eigenvalue weighted by Crippen LogP contribution is 2.65. The molecule has 1 aromatic rings. The maximum Gasteiger partial charge on any atom is 0.250 e. The number of fused-ring (bicyclic) bond motifs is 2. The smallest absolute Gasteiger partial charge is 0.250 e. The van der Waals surface area contributed by atoms with Crippen LogP contribution in [0, 0.1) is 16.7 Å². The number of benzene rings is 1. The number of phenolic OH excluding ortho intramolecular Hbond substituents is 2. The molecular weight excluding hydrogens is 292 g/mol. The van der Waals surface area contributed by atoms with Crippen LogP contribution >= 0.6 is 0 Å². The van der Waals surface area contributed by atoms with Crippen molar-refractivity contribution in [2.45, 2.75) is 33.1 Å². The van der Waals surface area contributed by atoms with Crippen molar-refractivity contribution in [2.75, 3.05) is 0 Å². The third kappa shape index (κ3) is 2.31. The summed E-state index contributed by atoms with van der Waals surface area (Å²) >= 11 is 0. The van der Waals surface area contributed by atoms with Crippen molar-refractivity contribution in [1.29, 1.82) is 0 Å². The second kappa shape index (κ2) is 5.11. The van der Waals surface area contributed by atoms with Crippen molar-refractivity contribution < 1.29 is 15.0 Å². The SMILES string of the molecule is C=C1C(C)(C)[C@@H]2CC[C@]1(C(=O)N/N=C\c1ccc(O)c(O)c1)C2. The number of aromatic hydroxyl groups is 2. The Hall–Kier alpha value is -2.30. The minimum Gasteiger partial charge on any atom is -0.504 e. The number of hydrogen-bond donors (Lipinski definition) is 3. The maximum atomic E-state index is 12.7. The lowest BCUT2D eigenvalue weighted by Crippen LogP contribution is -2.39. The first-order chi connectivity index (χ1) is 10.8. The van der Waals surface area contributed by atoms with E-state index in [1.165, 1.54) is 18.3 Å². The number of carbonyl (C=O) groups is 1. The Bertz CT molecular complexity index is 708. The molecule has 5 nitrogen and oxygen atoms in total. The number of rotatable bonds is 3. The van der Waals surface area contributed by atoms with Crippen LogP contribution in [-0.4, -0.2) is 22.3 Å². The summed E-state index contributed by atoms with van der Waals surface area (Å²) in [5.74, 6) is 0.00332. The summed E-state index contributed by atoms with van der Waals surface area (Å²) in [6, 6.07) is 4.36. The normalized spacial score (nSPS) is 28.4. The second-order valence-electron chi connectivity index (χ2n) is 7.17. The standard InChI is InChI=1S/C18H22N2O3/c1-11-17(2,3)13-6-7-18(11,9-13)16(23)20-19-10-12-4-5-14(21)15(22)8-12/h4-5,8,10,13,21-22H,1,6-7,9H2,2-3H3,(H,20,23)/b19-10-/t13-,18+/m1/s1. The quantitative estimate of drug-likeness (QED) is 0.347. The zero-order valence-corrected chi connectivity index (χ0v) is 13.5. The first-order valence-corrected chi connectivity index (χ1v) is 7.83. The Morgan fingerprint density at radius 2 is 2.13 bits per heavy atom. The molecule has 3 N–H and O–H groups in total. The zero-order chi connectivity index (χ0) is 16.8. The summed E-state index contributed by atoms with van der Waals surface area (Å²) in [7, 11) is 0. The van der Waals surface area contributed by atoms with Gasteiger partial charge in [0.1, 0.15) is 0 Å². The minimum atomic E-state index is -0.497. The maximum absolute atomic E-state index is 12.7. The van der Waals surface area contributed by atoms with Crippen LogP contribution in [0.1, 0.15) is 38.7 Å². The largest absolute Gasteiger partial charge is 0.504 e. The molecule has 2 fully saturated rings. The van der Waals surface area contributed by atoms with Crippen LogP contribution in [0.25, 0.3) is 0 Å². The molecule has 0 heterocycles. The lowest BCUT2D eigenvalue weighted by atomic mass is 9.68. The Balaban J connectivity index is 1.71. The van der Waals surface area contributed by atoms with Crippen LogP contribution in [0.2, 0.25) is 0 Å². The van der Waals surface area contributed by atoms with Gasteiger partial charge in [-0.2, -0.15) is 5.10 Å². The van der Waals surface area contributed by atoms with Crippen molar-refractivity contribution >= 4 is 12.1 Å². The van der Waals surface area contributed by atoms with Gasteiger partial charge in [0.25, 0.3) is 0 Å². The lowest BCUT2D eigenvalue weighted by Gasteiger charge is -2.36. The molecular formula is C18H22N2O3. The van der Waals surface area contributed by atoms with Crippen LogP contribution in [0.15, 0.2) is 35.5 Å². The van der Waals surface area contributed by atoms with Gasteiger partial charge in [-0.3, -0.25) is 4.79 Å². The predicted octanol–water partition coefficient (Wildman–Crippen LogP) is 2.93. The third-order valence-corrected chi connectivity index (χ3v) is 5.70. The summed E-state index contributed by atoms with van der Waals surface area (Å²) < 4.78 is 0. The average molecular weight is 314 g/mol. The molecule has 2 aliphatic carbocycles. The lowest BCUT2D eigenvalue weighted by molar-refractivity contribution is -0.128. The highest BCUT2D eigenvalue weighted by molar-refractivity contribution is 5.89. The van der Waals surface area contributed by atoms with Crippen molar-refractivity contribution in [2.24, 2.45) is 21.8 Å². The van der Waals surface area contributed by atoms with Gasteiger partial charge in [0.05, 0.1) is 11.6 Å². The van der Waals surface area contributed by atoms with Crippen molar-refractivity contribution in [3.05, 3.63) is 35.9 Å². The Morgan fingerprint density at radius 3 is 2.74 bits per heavy atom. The van der Waals surface area contributed by atoms with Crippen LogP contribution in [-0.2, 0) is 4.79 Å². The van der Waals surface area contributed by atoms with Crippen LogP contribution in [0.4, 0.5) is 0 Å². The summed E-state index contributed by atoms with van der Waals surface area (Å²) in [4.78, 5) is 12.7. The molecule has 0 saturated heterocycles. The van der Waals surface area contributed by atoms with E-state index in [-0.39, 0.29) is 22.8 Å². The van der Waals surface area contributed by atoms with Crippen molar-refractivity contribution in [1.82, 2.24) is 5.43 Å². The zero-order valence-electron chi connectivity index (χ0n) is 13.5. The van der Waals surface area contributed by atoms with Crippen LogP contribution < -0.4 is 5.43 Å². The third-order valence-electron chi connectivity index (χ3n) is 5.70. The van der Waals surface area contributed by atoms with E-state index in [4.69, 9.17) is 0 Å². The second-order valence-corrected chi connectivity index (χ2v) is 7.17. The van der Waals surface area contributed by atoms with E-state index in [0.717, 1.165) is 24.8 Å². The molecule has 1 amide bonds. The number of nitrogens with zero attached hydrogens (tertiary/aromatic N) is 1. The summed E-state index contributed by atoms with van der Waals surface area (Å²) in [6.07, 6.45) is 4.18. The summed E-state index contributed by atoms with van der Waals surface area (Å²) in [6.45, 7) is 8.52. The average Bonchev–Trinajstić information content (AvgIpc) is 3.03. The molecule has 1 aromatic carbocycles. The molecule has 0 aliphatic heterocycles. The molecule has 2 bridgehead atoms. The monoisotopic (exact) mass is 314 g/mol. The van der Waals surface area contributed by atoms with Crippen molar-refractivity contribution in [3.63, 3.8) is 0 Å². The highest BCUT2D eigenvalue weighted by atomic mass is 16.3. The molecule has 0 unspecified atom stereocenters. The minimum absolute atomic E-state index is 0.00203. The summed E-state index contributed by atoms with van der Waals surface area (Å²) in [5.41, 5.74) is 3.73. The van der Waals surface area contributed by atoms with E-state index in [1.807, 2.05) is 0 Å². The van der Waals surface area contributed by atoms with E-state index >= 15 is 0 Å². The van der Waals surface area contributed by atoms with E-state index in [1.54, 1.807) is 6.07 Å². The summed E-state index contributed by atoms with van der Waals surface area (Å²) in [5, 5.41) is 22.7. The van der Waals surface area contributed by atoms with Gasteiger partial charge in [-0.15, -0.1) is 0 Å². The van der Waals surface area contributed by atoms with Gasteiger partial charge >= 0.3 is 0 Å². The number of nitrogens with one attached hydrogen (secondary N) is 1. The van der Waals surface area contributed by atoms with Crippen LogP contribution in [0.5, 0.6) is 11.5 Å². The fraction of sp³-hybridized carbons (Fsp3) is 0.444. The van der Waals surface area contributed by atoms with Gasteiger partial charge in [0.15, 0.2) is 11.5 Å². The molecule has 0 spiro atoms. The number of amides is 1. The molecule has 122 valence electrons. The fourth-order valence-corrected chi connectivity index (χ4v) is 4.04. The number of hydrogen-bond acceptors (Lipinski definition) is 4. The number of hydrazone groups is 1. The van der Waals surface area contributed by atoms with E-state index in [2.05, 4.69) is 31.0 Å². The molecule has 2 atom stereocenters. The van der Waals surface area contributed by atoms with E-state index < -0.39 is 5.41 Å². The Kier molecular flexibility index (Phi) is 3.47. The van der Waals surface area contributed by atoms with Gasteiger partial charge in [-0.1, -0.05) is 26.0 Å². The van der Waals surface area contributed by atoms with Crippen LogP contribution in [0.3, 0.4) is 0 Å². The molecule has 5 heteroatoms.